The Morgan fingerprint density at radius 2 is 2.00 bits per heavy atom. The van der Waals surface area contributed by atoms with Crippen LogP contribution >= 0.6 is 22.7 Å². The second-order valence-corrected chi connectivity index (χ2v) is 8.06. The quantitative estimate of drug-likeness (QED) is 0.470. The highest BCUT2D eigenvalue weighted by atomic mass is 32.1. The Bertz CT molecular complexity index is 1250. The standard InChI is InChI=1S/C19H15N3O4S2/c1-21-17-13(9-14(28-17)18(24)26-11-15-20-7-8-27-15)16(23)22(19(21)25)10-12-5-3-2-4-6-12/h2-9H,10-11H2,1H3. The molecule has 0 unspecified atom stereocenters. The van der Waals surface area contributed by atoms with Crippen molar-refractivity contribution in [3.8, 4) is 0 Å². The lowest BCUT2D eigenvalue weighted by Gasteiger charge is -2.08. The van der Waals surface area contributed by atoms with E-state index in [9.17, 15) is 14.4 Å². The first-order valence-electron chi connectivity index (χ1n) is 8.37. The number of benzene rings is 1. The molecular weight excluding hydrogens is 398 g/mol. The van der Waals surface area contributed by atoms with Gasteiger partial charge in [0, 0.05) is 18.6 Å². The van der Waals surface area contributed by atoms with Gasteiger partial charge in [-0.2, -0.15) is 0 Å². The lowest BCUT2D eigenvalue weighted by Crippen LogP contribution is -2.38. The SMILES string of the molecule is Cn1c(=O)n(Cc2ccccc2)c(=O)c2cc(C(=O)OCc3nccs3)sc21. The number of thiophene rings is 1. The van der Waals surface area contributed by atoms with E-state index in [2.05, 4.69) is 4.98 Å². The number of nitrogens with zero attached hydrogens (tertiary/aromatic N) is 3. The van der Waals surface area contributed by atoms with Crippen molar-refractivity contribution in [1.82, 2.24) is 14.1 Å². The summed E-state index contributed by atoms with van der Waals surface area (Å²) in [6.45, 7) is 0.240. The highest BCUT2D eigenvalue weighted by molar-refractivity contribution is 7.20. The summed E-state index contributed by atoms with van der Waals surface area (Å²) >= 11 is 2.46. The molecule has 7 nitrogen and oxygen atoms in total. The first-order chi connectivity index (χ1) is 13.5. The number of fused-ring (bicyclic) bond motifs is 1. The van der Waals surface area contributed by atoms with Gasteiger partial charge in [-0.25, -0.2) is 14.6 Å². The van der Waals surface area contributed by atoms with Crippen LogP contribution in [-0.4, -0.2) is 20.1 Å². The van der Waals surface area contributed by atoms with Crippen LogP contribution in [0.3, 0.4) is 0 Å². The number of hydrogen-bond acceptors (Lipinski definition) is 7. The summed E-state index contributed by atoms with van der Waals surface area (Å²) in [6.07, 6.45) is 1.64. The van der Waals surface area contributed by atoms with Gasteiger partial charge >= 0.3 is 11.7 Å². The topological polar surface area (TPSA) is 83.2 Å². The molecule has 0 N–H and O–H groups in total. The van der Waals surface area contributed by atoms with Gasteiger partial charge in [0.2, 0.25) is 0 Å². The summed E-state index contributed by atoms with van der Waals surface area (Å²) in [6, 6.07) is 10.8. The highest BCUT2D eigenvalue weighted by Crippen LogP contribution is 2.23. The van der Waals surface area contributed by atoms with Crippen LogP contribution < -0.4 is 11.2 Å². The van der Waals surface area contributed by atoms with Crippen molar-refractivity contribution in [2.45, 2.75) is 13.2 Å². The van der Waals surface area contributed by atoms with Gasteiger partial charge in [-0.1, -0.05) is 30.3 Å². The monoisotopic (exact) mass is 413 g/mol. The Labute approximate surface area is 167 Å². The number of carbonyl (C=O) groups excluding carboxylic acids is 1. The molecule has 3 aromatic heterocycles. The zero-order valence-electron chi connectivity index (χ0n) is 14.8. The van der Waals surface area contributed by atoms with E-state index in [1.807, 2.05) is 30.3 Å². The number of aryl methyl sites for hydroxylation is 1. The molecule has 3 heterocycles. The Morgan fingerprint density at radius 1 is 1.21 bits per heavy atom. The maximum Gasteiger partial charge on any atom is 0.348 e. The fraction of sp³-hybridized carbons (Fsp3) is 0.158. The number of esters is 1. The number of rotatable bonds is 5. The fourth-order valence-electron chi connectivity index (χ4n) is 2.81. The molecule has 0 spiro atoms. The van der Waals surface area contributed by atoms with Gasteiger partial charge in [-0.3, -0.25) is 13.9 Å². The molecule has 0 atom stereocenters. The molecule has 0 fully saturated rings. The molecule has 0 saturated carbocycles. The van der Waals surface area contributed by atoms with E-state index in [4.69, 9.17) is 4.74 Å². The minimum atomic E-state index is -0.544. The number of hydrogen-bond donors (Lipinski definition) is 0. The lowest BCUT2D eigenvalue weighted by molar-refractivity contribution is 0.0478. The van der Waals surface area contributed by atoms with E-state index < -0.39 is 17.2 Å². The lowest BCUT2D eigenvalue weighted by atomic mass is 10.2. The summed E-state index contributed by atoms with van der Waals surface area (Å²) < 4.78 is 7.83. The van der Waals surface area contributed by atoms with Crippen LogP contribution in [0.5, 0.6) is 0 Å². The summed E-state index contributed by atoms with van der Waals surface area (Å²) in [5.74, 6) is -0.544. The minimum Gasteiger partial charge on any atom is -0.454 e. The fourth-order valence-corrected chi connectivity index (χ4v) is 4.34. The van der Waals surface area contributed by atoms with Crippen LogP contribution in [0.25, 0.3) is 10.2 Å². The second kappa shape index (κ2) is 7.53. The molecule has 0 saturated heterocycles. The molecule has 0 amide bonds. The van der Waals surface area contributed by atoms with Crippen LogP contribution in [0.2, 0.25) is 0 Å². The third kappa shape index (κ3) is 3.41. The molecule has 0 aliphatic carbocycles. The first kappa shape index (κ1) is 18.3. The van der Waals surface area contributed by atoms with Gasteiger partial charge in [-0.15, -0.1) is 22.7 Å². The largest absolute Gasteiger partial charge is 0.454 e. The van der Waals surface area contributed by atoms with Gasteiger partial charge in [0.1, 0.15) is 21.3 Å². The molecule has 28 heavy (non-hydrogen) atoms. The van der Waals surface area contributed by atoms with Gasteiger partial charge in [0.15, 0.2) is 0 Å². The third-order valence-corrected chi connectivity index (χ3v) is 6.15. The van der Waals surface area contributed by atoms with Crippen molar-refractivity contribution in [2.75, 3.05) is 0 Å². The van der Waals surface area contributed by atoms with Crippen molar-refractivity contribution >= 4 is 38.9 Å². The van der Waals surface area contributed by atoms with E-state index in [0.29, 0.717) is 15.2 Å². The van der Waals surface area contributed by atoms with E-state index >= 15 is 0 Å². The van der Waals surface area contributed by atoms with Crippen molar-refractivity contribution in [2.24, 2.45) is 7.05 Å². The van der Waals surface area contributed by atoms with Gasteiger partial charge in [0.25, 0.3) is 5.56 Å². The average Bonchev–Trinajstić information content (AvgIpc) is 3.38. The third-order valence-electron chi connectivity index (χ3n) is 4.21. The van der Waals surface area contributed by atoms with Gasteiger partial charge < -0.3 is 4.74 Å². The predicted octanol–water partition coefficient (Wildman–Crippen LogP) is 2.62. The smallest absolute Gasteiger partial charge is 0.348 e. The maximum absolute atomic E-state index is 12.9. The van der Waals surface area contributed by atoms with E-state index in [-0.39, 0.29) is 18.0 Å². The zero-order chi connectivity index (χ0) is 19.7. The Kier molecular flexibility index (Phi) is 4.93. The van der Waals surface area contributed by atoms with Crippen LogP contribution in [-0.2, 0) is 24.9 Å². The summed E-state index contributed by atoms with van der Waals surface area (Å²) in [7, 11) is 1.59. The number of thiazole rings is 1. The summed E-state index contributed by atoms with van der Waals surface area (Å²) in [5, 5.41) is 2.81. The van der Waals surface area contributed by atoms with E-state index in [1.54, 1.807) is 18.6 Å². The van der Waals surface area contributed by atoms with Crippen molar-refractivity contribution < 1.29 is 9.53 Å². The molecule has 1 aromatic carbocycles. The zero-order valence-corrected chi connectivity index (χ0v) is 16.5. The van der Waals surface area contributed by atoms with Crippen molar-refractivity contribution in [1.29, 1.82) is 0 Å². The number of aromatic nitrogens is 3. The summed E-state index contributed by atoms with van der Waals surface area (Å²) in [4.78, 5) is 42.7. The molecule has 0 aliphatic heterocycles. The van der Waals surface area contributed by atoms with Crippen LogP contribution in [0.4, 0.5) is 0 Å². The maximum atomic E-state index is 12.9. The molecule has 0 bridgehead atoms. The summed E-state index contributed by atoms with van der Waals surface area (Å²) in [5.41, 5.74) is 0.00226. The van der Waals surface area contributed by atoms with Gasteiger partial charge in [-0.05, 0) is 11.6 Å². The highest BCUT2D eigenvalue weighted by Gasteiger charge is 2.19. The first-order valence-corrected chi connectivity index (χ1v) is 10.1. The minimum absolute atomic E-state index is 0.0713. The van der Waals surface area contributed by atoms with Crippen LogP contribution in [0, 0.1) is 0 Å². The normalized spacial score (nSPS) is 11.0. The Balaban J connectivity index is 1.70. The molecule has 142 valence electrons. The Hall–Kier alpha value is -3.04. The van der Waals surface area contributed by atoms with Crippen LogP contribution in [0.15, 0.2) is 57.6 Å². The van der Waals surface area contributed by atoms with E-state index in [0.717, 1.165) is 16.9 Å². The molecule has 9 heteroatoms. The second-order valence-electron chi connectivity index (χ2n) is 6.05. The van der Waals surface area contributed by atoms with Crippen LogP contribution in [0.1, 0.15) is 20.2 Å². The average molecular weight is 413 g/mol. The number of carbonyl (C=O) groups is 1. The molecule has 4 rings (SSSR count). The molecular formula is C19H15N3O4S2. The van der Waals surface area contributed by atoms with Gasteiger partial charge in [0.05, 0.1) is 11.9 Å². The molecule has 0 radical (unpaired) electrons. The van der Waals surface area contributed by atoms with E-state index in [1.165, 1.54) is 26.5 Å². The van der Waals surface area contributed by atoms with Crippen molar-refractivity contribution in [3.63, 3.8) is 0 Å². The predicted molar refractivity (Wildman–Crippen MR) is 108 cm³/mol. The molecule has 4 aromatic rings. The Morgan fingerprint density at radius 3 is 2.71 bits per heavy atom. The number of ether oxygens (including phenoxy) is 1. The molecule has 0 aliphatic rings. The van der Waals surface area contributed by atoms with Crippen molar-refractivity contribution in [3.05, 3.63) is 84.3 Å².